The van der Waals surface area contributed by atoms with Gasteiger partial charge in [-0.25, -0.2) is 0 Å². The van der Waals surface area contributed by atoms with Crippen molar-refractivity contribution in [1.29, 1.82) is 0 Å². The van der Waals surface area contributed by atoms with Gasteiger partial charge in [-0.1, -0.05) is 77.8 Å². The fourth-order valence-electron chi connectivity index (χ4n) is 3.98. The lowest BCUT2D eigenvalue weighted by atomic mass is 9.80. The van der Waals surface area contributed by atoms with E-state index in [1.165, 1.54) is 27.6 Å². The average molecular weight is 382 g/mol. The highest BCUT2D eigenvalue weighted by molar-refractivity contribution is 6.42. The lowest BCUT2D eigenvalue weighted by Gasteiger charge is -2.26. The molecule has 0 saturated heterocycles. The third kappa shape index (κ3) is 3.22. The number of nitrogens with one attached hydrogen (secondary N) is 1. The largest absolute Gasteiger partial charge is 0.387 e. The third-order valence-electron chi connectivity index (χ3n) is 5.35. The van der Waals surface area contributed by atoms with Crippen molar-refractivity contribution < 1.29 is 0 Å². The van der Waals surface area contributed by atoms with Gasteiger partial charge < -0.3 is 5.32 Å². The number of hydrogen-bond donors (Lipinski definition) is 1. The van der Waals surface area contributed by atoms with E-state index in [9.17, 15) is 0 Å². The summed E-state index contributed by atoms with van der Waals surface area (Å²) in [4.78, 5) is 0. The Hall–Kier alpha value is -1.96. The first-order valence-electron chi connectivity index (χ1n) is 9.00. The molecule has 3 heteroatoms. The minimum atomic E-state index is 0.402. The fraction of sp³-hybridized carbons (Fsp3) is 0.217. The minimum Gasteiger partial charge on any atom is -0.387 e. The molecule has 0 amide bonds. The molecule has 3 aromatic carbocycles. The molecule has 4 rings (SSSR count). The van der Waals surface area contributed by atoms with E-state index in [0.717, 1.165) is 12.8 Å². The van der Waals surface area contributed by atoms with E-state index >= 15 is 0 Å². The van der Waals surface area contributed by atoms with Crippen molar-refractivity contribution in [1.82, 2.24) is 0 Å². The molecule has 1 nitrogen and oxygen atoms in total. The van der Waals surface area contributed by atoms with Crippen molar-refractivity contribution in [2.24, 2.45) is 0 Å². The van der Waals surface area contributed by atoms with Gasteiger partial charge >= 0.3 is 0 Å². The van der Waals surface area contributed by atoms with Crippen LogP contribution in [0.25, 0.3) is 10.8 Å². The number of fused-ring (bicyclic) bond motifs is 1. The third-order valence-corrected chi connectivity index (χ3v) is 6.09. The molecule has 1 aliphatic carbocycles. The molecule has 1 N–H and O–H groups in total. The van der Waals surface area contributed by atoms with Crippen LogP contribution >= 0.6 is 23.2 Å². The summed E-state index contributed by atoms with van der Waals surface area (Å²) in [5.74, 6) is 0.834. The molecule has 0 spiro atoms. The summed E-state index contributed by atoms with van der Waals surface area (Å²) in [7, 11) is 2.01. The molecule has 132 valence electrons. The molecule has 26 heavy (non-hydrogen) atoms. The van der Waals surface area contributed by atoms with Crippen LogP contribution in [0.1, 0.15) is 35.8 Å². The number of allylic oxidation sites excluding steroid dienone is 2. The van der Waals surface area contributed by atoms with Crippen LogP contribution in [0.15, 0.2) is 66.7 Å². The predicted molar refractivity (Wildman–Crippen MR) is 114 cm³/mol. The molecular formula is C23H21Cl2N. The SMILES string of the molecule is CNc1c(C2C=C[C@H](c3ccc(Cl)c(Cl)c3)CC2)ccc2ccccc12. The molecule has 0 heterocycles. The lowest BCUT2D eigenvalue weighted by Crippen LogP contribution is -2.09. The highest BCUT2D eigenvalue weighted by Crippen LogP contribution is 2.40. The van der Waals surface area contributed by atoms with Gasteiger partial charge in [-0.05, 0) is 41.5 Å². The van der Waals surface area contributed by atoms with Crippen molar-refractivity contribution in [3.05, 3.63) is 87.9 Å². The van der Waals surface area contributed by atoms with Gasteiger partial charge in [0.2, 0.25) is 0 Å². The second kappa shape index (κ2) is 7.34. The molecule has 0 saturated carbocycles. The van der Waals surface area contributed by atoms with E-state index in [1.807, 2.05) is 19.2 Å². The number of rotatable bonds is 3. The van der Waals surface area contributed by atoms with Crippen LogP contribution in [0.3, 0.4) is 0 Å². The predicted octanol–water partition coefficient (Wildman–Crippen LogP) is 7.41. The van der Waals surface area contributed by atoms with Crippen LogP contribution in [0.5, 0.6) is 0 Å². The van der Waals surface area contributed by atoms with Gasteiger partial charge in [-0.15, -0.1) is 0 Å². The number of anilines is 1. The minimum absolute atomic E-state index is 0.402. The number of hydrogen-bond acceptors (Lipinski definition) is 1. The van der Waals surface area contributed by atoms with Crippen LogP contribution in [0, 0.1) is 0 Å². The smallest absolute Gasteiger partial charge is 0.0595 e. The second-order valence-electron chi connectivity index (χ2n) is 6.85. The lowest BCUT2D eigenvalue weighted by molar-refractivity contribution is 0.602. The molecule has 3 aromatic rings. The molecule has 0 radical (unpaired) electrons. The van der Waals surface area contributed by atoms with Crippen LogP contribution in [0.4, 0.5) is 5.69 Å². The van der Waals surface area contributed by atoms with Crippen LogP contribution in [0.2, 0.25) is 10.0 Å². The average Bonchev–Trinajstić information content (AvgIpc) is 2.69. The van der Waals surface area contributed by atoms with Crippen molar-refractivity contribution in [3.63, 3.8) is 0 Å². The van der Waals surface area contributed by atoms with Gasteiger partial charge in [0, 0.05) is 30.0 Å². The molecule has 0 aromatic heterocycles. The van der Waals surface area contributed by atoms with E-state index in [1.54, 1.807) is 0 Å². The van der Waals surface area contributed by atoms with Gasteiger partial charge in [0.05, 0.1) is 10.0 Å². The van der Waals surface area contributed by atoms with Gasteiger partial charge in [0.25, 0.3) is 0 Å². The van der Waals surface area contributed by atoms with E-state index in [2.05, 4.69) is 59.9 Å². The molecule has 1 unspecified atom stereocenters. The fourth-order valence-corrected chi connectivity index (χ4v) is 4.28. The summed E-state index contributed by atoms with van der Waals surface area (Å²) >= 11 is 12.2. The van der Waals surface area contributed by atoms with Crippen molar-refractivity contribution in [2.45, 2.75) is 24.7 Å². The number of halogens is 2. The zero-order valence-electron chi connectivity index (χ0n) is 14.7. The monoisotopic (exact) mass is 381 g/mol. The van der Waals surface area contributed by atoms with Gasteiger partial charge in [-0.2, -0.15) is 0 Å². The molecule has 2 atom stereocenters. The van der Waals surface area contributed by atoms with Gasteiger partial charge in [0.15, 0.2) is 0 Å². The zero-order chi connectivity index (χ0) is 18.1. The molecule has 0 bridgehead atoms. The second-order valence-corrected chi connectivity index (χ2v) is 7.66. The first-order chi connectivity index (χ1) is 12.7. The Kier molecular flexibility index (Phi) is 4.93. The highest BCUT2D eigenvalue weighted by Gasteiger charge is 2.21. The normalized spacial score (nSPS) is 19.7. The molecule has 1 aliphatic rings. The first kappa shape index (κ1) is 17.5. The number of benzene rings is 3. The summed E-state index contributed by atoms with van der Waals surface area (Å²) in [5, 5.41) is 7.23. The maximum absolute atomic E-state index is 6.19. The van der Waals surface area contributed by atoms with Crippen molar-refractivity contribution >= 4 is 39.7 Å². The topological polar surface area (TPSA) is 12.0 Å². The van der Waals surface area contributed by atoms with E-state index in [-0.39, 0.29) is 0 Å². The summed E-state index contributed by atoms with van der Waals surface area (Å²) in [6.07, 6.45) is 6.90. The zero-order valence-corrected chi connectivity index (χ0v) is 16.2. The Balaban J connectivity index is 1.64. The van der Waals surface area contributed by atoms with Crippen LogP contribution < -0.4 is 5.32 Å². The summed E-state index contributed by atoms with van der Waals surface area (Å²) in [6, 6.07) is 19.0. The molecule has 0 aliphatic heterocycles. The Bertz CT molecular complexity index is 977. The van der Waals surface area contributed by atoms with Crippen LogP contribution in [-0.2, 0) is 0 Å². The Morgan fingerprint density at radius 2 is 1.62 bits per heavy atom. The molecule has 0 fully saturated rings. The quantitative estimate of drug-likeness (QED) is 0.465. The van der Waals surface area contributed by atoms with Crippen molar-refractivity contribution in [3.8, 4) is 0 Å². The van der Waals surface area contributed by atoms with Gasteiger partial charge in [-0.3, -0.25) is 0 Å². The standard InChI is InChI=1S/C23H21Cl2N/c1-26-23-19-5-3-2-4-16(19)10-12-20(23)17-8-6-15(7-9-17)18-11-13-21(24)22(25)14-18/h2-6,8,10-15,17,26H,7,9H2,1H3/t15-,17?/m0/s1. The summed E-state index contributed by atoms with van der Waals surface area (Å²) < 4.78 is 0. The van der Waals surface area contributed by atoms with Crippen molar-refractivity contribution in [2.75, 3.05) is 12.4 Å². The maximum Gasteiger partial charge on any atom is 0.0595 e. The van der Waals surface area contributed by atoms with Crippen LogP contribution in [-0.4, -0.2) is 7.05 Å². The summed E-state index contributed by atoms with van der Waals surface area (Å²) in [5.41, 5.74) is 3.85. The molecular weight excluding hydrogens is 361 g/mol. The Morgan fingerprint density at radius 1 is 0.846 bits per heavy atom. The highest BCUT2D eigenvalue weighted by atomic mass is 35.5. The summed E-state index contributed by atoms with van der Waals surface area (Å²) in [6.45, 7) is 0. The first-order valence-corrected chi connectivity index (χ1v) is 9.75. The Morgan fingerprint density at radius 3 is 2.35 bits per heavy atom. The van der Waals surface area contributed by atoms with Gasteiger partial charge in [0.1, 0.15) is 0 Å². The van der Waals surface area contributed by atoms with E-state index in [0.29, 0.717) is 21.9 Å². The maximum atomic E-state index is 6.19. The van der Waals surface area contributed by atoms with E-state index in [4.69, 9.17) is 23.2 Å². The van der Waals surface area contributed by atoms with E-state index < -0.39 is 0 Å². The Labute approximate surface area is 164 Å².